The smallest absolute Gasteiger partial charge is 0.315 e. The highest BCUT2D eigenvalue weighted by Crippen LogP contribution is 2.29. The summed E-state index contributed by atoms with van der Waals surface area (Å²) in [4.78, 5) is 23.6. The third-order valence-electron chi connectivity index (χ3n) is 3.73. The van der Waals surface area contributed by atoms with Crippen molar-refractivity contribution in [2.24, 2.45) is 0 Å². The Bertz CT molecular complexity index is 789. The van der Waals surface area contributed by atoms with E-state index in [-0.39, 0.29) is 12.6 Å². The molecule has 3 rings (SSSR count). The molecule has 0 atom stereocenters. The third kappa shape index (κ3) is 4.76. The van der Waals surface area contributed by atoms with E-state index in [1.807, 2.05) is 0 Å². The fraction of sp³-hybridized carbons (Fsp3) is 0.222. The van der Waals surface area contributed by atoms with E-state index in [1.54, 1.807) is 0 Å². The van der Waals surface area contributed by atoms with Gasteiger partial charge in [0.25, 0.3) is 0 Å². The van der Waals surface area contributed by atoms with Crippen LogP contribution in [-0.4, -0.2) is 24.5 Å². The molecule has 2 aromatic carbocycles. The molecule has 3 amide bonds. The third-order valence-corrected chi connectivity index (χ3v) is 3.73. The zero-order chi connectivity index (χ0) is 17.8. The second kappa shape index (κ2) is 7.29. The average molecular weight is 345 g/mol. The second-order valence-corrected chi connectivity index (χ2v) is 5.85. The molecule has 0 radical (unpaired) electrons. The van der Waals surface area contributed by atoms with Crippen LogP contribution < -0.4 is 16.0 Å². The van der Waals surface area contributed by atoms with Crippen LogP contribution in [0.5, 0.6) is 0 Å². The molecule has 0 bridgehead atoms. The van der Waals surface area contributed by atoms with Crippen LogP contribution in [0.1, 0.15) is 12.8 Å². The number of carbonyl (C=O) groups excluding carboxylic acids is 2. The molecular formula is C18H17F2N3O2. The Morgan fingerprint density at radius 3 is 2.36 bits per heavy atom. The Balaban J connectivity index is 1.67. The van der Waals surface area contributed by atoms with Crippen LogP contribution >= 0.6 is 0 Å². The molecule has 2 aromatic rings. The lowest BCUT2D eigenvalue weighted by atomic mass is 10.0. The maximum Gasteiger partial charge on any atom is 0.315 e. The molecule has 0 spiro atoms. The predicted octanol–water partition coefficient (Wildman–Crippen LogP) is 3.03. The quantitative estimate of drug-likeness (QED) is 0.780. The Morgan fingerprint density at radius 2 is 1.68 bits per heavy atom. The molecule has 0 unspecified atom stereocenters. The van der Waals surface area contributed by atoms with Crippen molar-refractivity contribution in [1.29, 1.82) is 0 Å². The van der Waals surface area contributed by atoms with E-state index >= 15 is 0 Å². The standard InChI is InChI=1S/C18H17F2N3O2/c19-12-3-1-11(2-4-12)15-9-13(20)5-8-16(15)23-17(24)10-21-18(25)22-14-6-7-14/h1-5,8-9,14H,6-7,10H2,(H,23,24)(H2,21,22,25). The lowest BCUT2D eigenvalue weighted by Crippen LogP contribution is -2.40. The SMILES string of the molecule is O=C(CNC(=O)NC1CC1)Nc1ccc(F)cc1-c1ccc(F)cc1. The highest BCUT2D eigenvalue weighted by Gasteiger charge is 2.23. The maximum absolute atomic E-state index is 13.6. The summed E-state index contributed by atoms with van der Waals surface area (Å²) in [5.74, 6) is -1.32. The van der Waals surface area contributed by atoms with Crippen molar-refractivity contribution in [3.63, 3.8) is 0 Å². The first-order valence-corrected chi connectivity index (χ1v) is 7.91. The van der Waals surface area contributed by atoms with Crippen LogP contribution in [0.2, 0.25) is 0 Å². The average Bonchev–Trinajstić information content (AvgIpc) is 3.39. The van der Waals surface area contributed by atoms with E-state index in [2.05, 4.69) is 16.0 Å². The number of halogens is 2. The fourth-order valence-electron chi connectivity index (χ4n) is 2.31. The summed E-state index contributed by atoms with van der Waals surface area (Å²) in [6.45, 7) is -0.210. The molecule has 130 valence electrons. The van der Waals surface area contributed by atoms with Gasteiger partial charge in [-0.25, -0.2) is 13.6 Å². The Hall–Kier alpha value is -2.96. The second-order valence-electron chi connectivity index (χ2n) is 5.85. The van der Waals surface area contributed by atoms with Gasteiger partial charge in [-0.2, -0.15) is 0 Å². The summed E-state index contributed by atoms with van der Waals surface area (Å²) in [6.07, 6.45) is 1.91. The first kappa shape index (κ1) is 16.9. The topological polar surface area (TPSA) is 70.2 Å². The van der Waals surface area contributed by atoms with Crippen LogP contribution in [0.15, 0.2) is 42.5 Å². The minimum Gasteiger partial charge on any atom is -0.335 e. The van der Waals surface area contributed by atoms with Crippen molar-refractivity contribution >= 4 is 17.6 Å². The van der Waals surface area contributed by atoms with E-state index in [0.29, 0.717) is 16.8 Å². The zero-order valence-corrected chi connectivity index (χ0v) is 13.3. The highest BCUT2D eigenvalue weighted by atomic mass is 19.1. The van der Waals surface area contributed by atoms with Crippen molar-refractivity contribution < 1.29 is 18.4 Å². The van der Waals surface area contributed by atoms with Gasteiger partial charge in [-0.15, -0.1) is 0 Å². The molecule has 1 saturated carbocycles. The fourth-order valence-corrected chi connectivity index (χ4v) is 2.31. The summed E-state index contributed by atoms with van der Waals surface area (Å²) in [6, 6.07) is 9.23. The number of rotatable bonds is 5. The van der Waals surface area contributed by atoms with Crippen LogP contribution in [0, 0.1) is 11.6 Å². The van der Waals surface area contributed by atoms with Gasteiger partial charge in [0.2, 0.25) is 5.91 Å². The normalized spacial score (nSPS) is 13.2. The molecular weight excluding hydrogens is 328 g/mol. The van der Waals surface area contributed by atoms with Gasteiger partial charge < -0.3 is 16.0 Å². The molecule has 25 heavy (non-hydrogen) atoms. The van der Waals surface area contributed by atoms with Crippen LogP contribution in [0.25, 0.3) is 11.1 Å². The number of nitrogens with one attached hydrogen (secondary N) is 3. The van der Waals surface area contributed by atoms with Crippen molar-refractivity contribution in [1.82, 2.24) is 10.6 Å². The number of carbonyl (C=O) groups is 2. The first-order valence-electron chi connectivity index (χ1n) is 7.91. The number of hydrogen-bond acceptors (Lipinski definition) is 2. The van der Waals surface area contributed by atoms with Gasteiger partial charge in [0, 0.05) is 17.3 Å². The van der Waals surface area contributed by atoms with Crippen molar-refractivity contribution in [2.75, 3.05) is 11.9 Å². The van der Waals surface area contributed by atoms with E-state index in [9.17, 15) is 18.4 Å². The number of benzene rings is 2. The predicted molar refractivity (Wildman–Crippen MR) is 90.0 cm³/mol. The van der Waals surface area contributed by atoms with Gasteiger partial charge in [-0.05, 0) is 48.7 Å². The Morgan fingerprint density at radius 1 is 1.00 bits per heavy atom. The van der Waals surface area contributed by atoms with Crippen molar-refractivity contribution in [2.45, 2.75) is 18.9 Å². The lowest BCUT2D eigenvalue weighted by Gasteiger charge is -2.12. The van der Waals surface area contributed by atoms with Crippen LogP contribution in [-0.2, 0) is 4.79 Å². The molecule has 0 aliphatic heterocycles. The number of urea groups is 1. The highest BCUT2D eigenvalue weighted by molar-refractivity contribution is 5.97. The molecule has 1 fully saturated rings. The molecule has 0 heterocycles. The minimum atomic E-state index is -0.473. The summed E-state index contributed by atoms with van der Waals surface area (Å²) in [7, 11) is 0. The monoisotopic (exact) mass is 345 g/mol. The van der Waals surface area contributed by atoms with Gasteiger partial charge in [0.1, 0.15) is 11.6 Å². The van der Waals surface area contributed by atoms with Crippen LogP contribution in [0.3, 0.4) is 0 Å². The van der Waals surface area contributed by atoms with Gasteiger partial charge >= 0.3 is 6.03 Å². The number of amides is 3. The molecule has 5 nitrogen and oxygen atoms in total. The van der Waals surface area contributed by atoms with Crippen molar-refractivity contribution in [3.05, 3.63) is 54.1 Å². The van der Waals surface area contributed by atoms with E-state index < -0.39 is 23.6 Å². The summed E-state index contributed by atoms with van der Waals surface area (Å²) >= 11 is 0. The van der Waals surface area contributed by atoms with E-state index in [0.717, 1.165) is 12.8 Å². The number of anilines is 1. The molecule has 3 N–H and O–H groups in total. The Labute approximate surface area is 143 Å². The maximum atomic E-state index is 13.6. The molecule has 0 aromatic heterocycles. The van der Waals surface area contributed by atoms with Gasteiger partial charge in [-0.3, -0.25) is 4.79 Å². The van der Waals surface area contributed by atoms with E-state index in [4.69, 9.17) is 0 Å². The minimum absolute atomic E-state index is 0.199. The van der Waals surface area contributed by atoms with Crippen LogP contribution in [0.4, 0.5) is 19.3 Å². The van der Waals surface area contributed by atoms with Gasteiger partial charge in [0.15, 0.2) is 0 Å². The van der Waals surface area contributed by atoms with Gasteiger partial charge in [-0.1, -0.05) is 12.1 Å². The zero-order valence-electron chi connectivity index (χ0n) is 13.3. The van der Waals surface area contributed by atoms with E-state index in [1.165, 1.54) is 42.5 Å². The van der Waals surface area contributed by atoms with Gasteiger partial charge in [0.05, 0.1) is 6.54 Å². The molecule has 1 aliphatic carbocycles. The Kier molecular flexibility index (Phi) is 4.92. The molecule has 1 aliphatic rings. The molecule has 7 heteroatoms. The van der Waals surface area contributed by atoms with Crippen molar-refractivity contribution in [3.8, 4) is 11.1 Å². The first-order chi connectivity index (χ1) is 12.0. The number of hydrogen-bond donors (Lipinski definition) is 3. The molecule has 0 saturated heterocycles. The lowest BCUT2D eigenvalue weighted by molar-refractivity contribution is -0.115. The largest absolute Gasteiger partial charge is 0.335 e. The summed E-state index contributed by atoms with van der Waals surface area (Å²) in [5.41, 5.74) is 1.37. The summed E-state index contributed by atoms with van der Waals surface area (Å²) < 4.78 is 26.7. The summed E-state index contributed by atoms with van der Waals surface area (Å²) in [5, 5.41) is 7.81.